The van der Waals surface area contributed by atoms with E-state index < -0.39 is 0 Å². The summed E-state index contributed by atoms with van der Waals surface area (Å²) in [4.78, 5) is 0. The Morgan fingerprint density at radius 3 is 0.750 bits per heavy atom. The molecule has 0 atom stereocenters. The summed E-state index contributed by atoms with van der Waals surface area (Å²) in [5, 5.41) is 0. The van der Waals surface area contributed by atoms with E-state index in [9.17, 15) is 0 Å². The Morgan fingerprint density at radius 1 is 0.750 bits per heavy atom. The normalized spacial score (nSPS) is 0. The van der Waals surface area contributed by atoms with E-state index in [1.54, 1.807) is 0 Å². The van der Waals surface area contributed by atoms with Gasteiger partial charge in [0.05, 0.1) is 0 Å². The molecular formula is H4NbO2V. The van der Waals surface area contributed by atoms with Crippen molar-refractivity contribution >= 4 is 0 Å². The molecule has 4 N–H and O–H groups in total. The van der Waals surface area contributed by atoms with Crippen molar-refractivity contribution in [3.05, 3.63) is 0 Å². The predicted molar refractivity (Wildman–Crippen MR) is 7.23 cm³/mol. The van der Waals surface area contributed by atoms with Gasteiger partial charge in [-0.15, -0.1) is 0 Å². The van der Waals surface area contributed by atoms with Crippen LogP contribution in [-0.2, 0) is 40.9 Å². The molecule has 4 heteroatoms. The van der Waals surface area contributed by atoms with Gasteiger partial charge in [0.2, 0.25) is 0 Å². The van der Waals surface area contributed by atoms with E-state index in [4.69, 9.17) is 0 Å². The Morgan fingerprint density at radius 2 is 0.750 bits per heavy atom. The average molecular weight is 180 g/mol. The van der Waals surface area contributed by atoms with Crippen LogP contribution in [-0.4, -0.2) is 11.0 Å². The predicted octanol–water partition coefficient (Wildman–Crippen LogP) is -1.65. The summed E-state index contributed by atoms with van der Waals surface area (Å²) < 4.78 is 0. The monoisotopic (exact) mass is 180 g/mol. The molecule has 0 saturated heterocycles. The van der Waals surface area contributed by atoms with Crippen LogP contribution in [0.4, 0.5) is 0 Å². The number of hydrogen-bond acceptors (Lipinski definition) is 0. The van der Waals surface area contributed by atoms with Crippen LogP contribution in [0, 0.1) is 0 Å². The first kappa shape index (κ1) is 61.0. The molecule has 0 heterocycles. The molecule has 2 radical (unpaired) electrons. The summed E-state index contributed by atoms with van der Waals surface area (Å²) >= 11 is 0. The number of hydrogen-bond donors (Lipinski definition) is 0. The Hall–Kier alpha value is 1.24. The standard InChI is InChI=1S/Nb.2H2O.V/h;2*1H2;. The van der Waals surface area contributed by atoms with Gasteiger partial charge in [-0.2, -0.15) is 0 Å². The molecule has 0 rings (SSSR count). The molecule has 0 aromatic heterocycles. The summed E-state index contributed by atoms with van der Waals surface area (Å²) in [7, 11) is 0. The third kappa shape index (κ3) is 10.6. The Kier molecular flexibility index (Phi) is 440. The minimum absolute atomic E-state index is 0. The third-order valence-electron chi connectivity index (χ3n) is 0. The molecule has 0 bridgehead atoms. The van der Waals surface area contributed by atoms with Crippen molar-refractivity contribution in [2.75, 3.05) is 0 Å². The molecule has 0 spiro atoms. The van der Waals surface area contributed by atoms with Gasteiger partial charge in [0.15, 0.2) is 0 Å². The Bertz CT molecular complexity index is 6.00. The topological polar surface area (TPSA) is 63.0 Å². The molecule has 0 aliphatic rings. The molecule has 2 nitrogen and oxygen atoms in total. The van der Waals surface area contributed by atoms with Crippen molar-refractivity contribution in [1.82, 2.24) is 0 Å². The molecule has 0 saturated carbocycles. The van der Waals surface area contributed by atoms with Gasteiger partial charge in [-0.05, 0) is 0 Å². The Balaban J connectivity index is 0. The van der Waals surface area contributed by atoms with Gasteiger partial charge in [0.25, 0.3) is 0 Å². The molecule has 0 amide bonds. The fourth-order valence-electron chi connectivity index (χ4n) is 0. The second-order valence-corrected chi connectivity index (χ2v) is 0. The third-order valence-corrected chi connectivity index (χ3v) is 0. The largest absolute Gasteiger partial charge is 0.412 e. The van der Waals surface area contributed by atoms with E-state index in [0.29, 0.717) is 0 Å². The maximum Gasteiger partial charge on any atom is 0 e. The summed E-state index contributed by atoms with van der Waals surface area (Å²) in [5.41, 5.74) is 0. The van der Waals surface area contributed by atoms with E-state index >= 15 is 0 Å². The van der Waals surface area contributed by atoms with Crippen LogP contribution in [0.2, 0.25) is 0 Å². The van der Waals surface area contributed by atoms with Crippen LogP contribution in [0.3, 0.4) is 0 Å². The minimum Gasteiger partial charge on any atom is -0.412 e. The van der Waals surface area contributed by atoms with E-state index in [1.807, 2.05) is 0 Å². The Labute approximate surface area is 52.0 Å². The zero-order valence-electron chi connectivity index (χ0n) is 1.89. The van der Waals surface area contributed by atoms with Gasteiger partial charge >= 0.3 is 0 Å². The van der Waals surface area contributed by atoms with E-state index in [-0.39, 0.29) is 51.9 Å². The van der Waals surface area contributed by atoms with Crippen LogP contribution in [0.5, 0.6) is 0 Å². The molecule has 0 aliphatic heterocycles. The van der Waals surface area contributed by atoms with Crippen LogP contribution in [0.1, 0.15) is 0 Å². The van der Waals surface area contributed by atoms with Crippen molar-refractivity contribution in [3.63, 3.8) is 0 Å². The smallest absolute Gasteiger partial charge is 0 e. The van der Waals surface area contributed by atoms with Crippen molar-refractivity contribution in [3.8, 4) is 0 Å². The van der Waals surface area contributed by atoms with E-state index in [1.165, 1.54) is 0 Å². The van der Waals surface area contributed by atoms with Crippen molar-refractivity contribution < 1.29 is 51.9 Å². The maximum absolute atomic E-state index is 0. The van der Waals surface area contributed by atoms with Crippen LogP contribution < -0.4 is 0 Å². The molecule has 4 heavy (non-hydrogen) atoms. The first-order valence-corrected chi connectivity index (χ1v) is 0. The summed E-state index contributed by atoms with van der Waals surface area (Å²) in [5.74, 6) is 0. The minimum atomic E-state index is 0. The van der Waals surface area contributed by atoms with E-state index in [2.05, 4.69) is 0 Å². The fourth-order valence-corrected chi connectivity index (χ4v) is 0. The molecule has 0 aliphatic carbocycles. The zero-order valence-corrected chi connectivity index (χ0v) is 5.49. The summed E-state index contributed by atoms with van der Waals surface area (Å²) in [6.07, 6.45) is 0. The summed E-state index contributed by atoms with van der Waals surface area (Å²) in [6, 6.07) is 0. The van der Waals surface area contributed by atoms with Crippen LogP contribution in [0.15, 0.2) is 0 Å². The van der Waals surface area contributed by atoms with Gasteiger partial charge in [0.1, 0.15) is 0 Å². The van der Waals surface area contributed by atoms with Gasteiger partial charge in [-0.3, -0.25) is 0 Å². The van der Waals surface area contributed by atoms with Crippen LogP contribution in [0.25, 0.3) is 0 Å². The molecule has 0 aromatic carbocycles. The van der Waals surface area contributed by atoms with Crippen molar-refractivity contribution in [2.24, 2.45) is 0 Å². The first-order chi connectivity index (χ1) is 0. The quantitative estimate of drug-likeness (QED) is 0.400. The van der Waals surface area contributed by atoms with Crippen molar-refractivity contribution in [1.29, 1.82) is 0 Å². The van der Waals surface area contributed by atoms with Crippen molar-refractivity contribution in [2.45, 2.75) is 0 Å². The first-order valence-electron chi connectivity index (χ1n) is 0. The van der Waals surface area contributed by atoms with Gasteiger partial charge in [0, 0.05) is 40.9 Å². The molecular weight excluding hydrogens is 176 g/mol. The second-order valence-electron chi connectivity index (χ2n) is 0. The second kappa shape index (κ2) is 28.8. The van der Waals surface area contributed by atoms with E-state index in [0.717, 1.165) is 0 Å². The summed E-state index contributed by atoms with van der Waals surface area (Å²) in [6.45, 7) is 0. The number of rotatable bonds is 0. The molecule has 0 unspecified atom stereocenters. The van der Waals surface area contributed by atoms with Gasteiger partial charge in [-0.25, -0.2) is 0 Å². The molecule has 26 valence electrons. The zero-order chi connectivity index (χ0) is 0. The SMILES string of the molecule is O.O.[Nb].[V]. The van der Waals surface area contributed by atoms with Gasteiger partial charge < -0.3 is 11.0 Å². The maximum atomic E-state index is 0. The average Bonchev–Trinajstić information content (AvgIpc) is 0. The molecule has 0 fully saturated rings. The fraction of sp³-hybridized carbons (Fsp3) is 0. The molecule has 0 aromatic rings. The van der Waals surface area contributed by atoms with Crippen LogP contribution >= 0.6 is 0 Å². The van der Waals surface area contributed by atoms with Gasteiger partial charge in [-0.1, -0.05) is 0 Å².